The summed E-state index contributed by atoms with van der Waals surface area (Å²) >= 11 is 0. The van der Waals surface area contributed by atoms with Gasteiger partial charge in [0, 0.05) is 110 Å². The molecule has 2 fully saturated rings. The number of aliphatic carboxylic acids is 3. The van der Waals surface area contributed by atoms with Gasteiger partial charge in [0.05, 0.1) is 38.7 Å². The van der Waals surface area contributed by atoms with Crippen LogP contribution in [0.4, 0.5) is 0 Å². The Morgan fingerprint density at radius 2 is 1.11 bits per heavy atom. The van der Waals surface area contributed by atoms with E-state index in [1.54, 1.807) is 43.9 Å². The Hall–Kier alpha value is -8.05. The van der Waals surface area contributed by atoms with Gasteiger partial charge in [-0.2, -0.15) is 0 Å². The highest BCUT2D eigenvalue weighted by atomic mass is 16.4. The van der Waals surface area contributed by atoms with Crippen molar-refractivity contribution in [2.45, 2.75) is 115 Å². The van der Waals surface area contributed by atoms with Crippen molar-refractivity contribution in [2.75, 3.05) is 111 Å². The molecule has 4 atom stereocenters. The third kappa shape index (κ3) is 31.0. The number of benzene rings is 1. The Labute approximate surface area is 510 Å². The lowest BCUT2D eigenvalue weighted by molar-refractivity contribution is -0.142. The van der Waals surface area contributed by atoms with Crippen LogP contribution in [0.15, 0.2) is 29.3 Å². The maximum Gasteiger partial charge on any atom is 0.475 e. The second-order valence-electron chi connectivity index (χ2n) is 21.6. The Morgan fingerprint density at radius 3 is 1.68 bits per heavy atom. The van der Waals surface area contributed by atoms with Crippen LogP contribution in [-0.4, -0.2) is 269 Å². The van der Waals surface area contributed by atoms with Crippen LogP contribution >= 0.6 is 0 Å². The number of guanidine groups is 1. The van der Waals surface area contributed by atoms with Gasteiger partial charge in [-0.1, -0.05) is 12.1 Å². The summed E-state index contributed by atoms with van der Waals surface area (Å²) < 4.78 is 0. The number of primary amides is 1. The van der Waals surface area contributed by atoms with Gasteiger partial charge in [0.2, 0.25) is 47.3 Å². The third-order valence-corrected chi connectivity index (χ3v) is 14.4. The number of nitrogens with two attached hydrogens (primary N) is 3. The highest BCUT2D eigenvalue weighted by molar-refractivity contribution is 6.43. The first kappa shape index (κ1) is 74.2. The predicted octanol–water partition coefficient (Wildman–Crippen LogP) is -6.12. The maximum absolute atomic E-state index is 13.2. The van der Waals surface area contributed by atoms with Gasteiger partial charge >= 0.3 is 25.0 Å². The second kappa shape index (κ2) is 40.4. The highest BCUT2D eigenvalue weighted by Gasteiger charge is 2.39. The molecule has 0 radical (unpaired) electrons. The van der Waals surface area contributed by atoms with E-state index in [0.717, 1.165) is 0 Å². The quantitative estimate of drug-likeness (QED) is 0.0128. The van der Waals surface area contributed by atoms with Crippen molar-refractivity contribution in [2.24, 2.45) is 22.2 Å². The molecule has 1 aromatic carbocycles. The molecular formula is C54H89BN16O17. The smallest absolute Gasteiger partial charge is 0.475 e. The van der Waals surface area contributed by atoms with Crippen LogP contribution < -0.4 is 54.4 Å². The number of carboxylic acid groups (broad SMARTS) is 3. The van der Waals surface area contributed by atoms with Crippen LogP contribution in [0.25, 0.3) is 0 Å². The molecule has 2 aliphatic rings. The molecule has 2 heterocycles. The summed E-state index contributed by atoms with van der Waals surface area (Å²) in [4.78, 5) is 162. The lowest BCUT2D eigenvalue weighted by Gasteiger charge is -2.33. The van der Waals surface area contributed by atoms with Crippen molar-refractivity contribution < 1.29 is 82.9 Å². The molecule has 0 unspecified atom stereocenters. The largest absolute Gasteiger partial charge is 0.480 e. The molecule has 0 bridgehead atoms. The van der Waals surface area contributed by atoms with Crippen molar-refractivity contribution in [1.82, 2.24) is 61.7 Å². The van der Waals surface area contributed by atoms with Crippen molar-refractivity contribution in [1.29, 1.82) is 0 Å². The molecule has 18 N–H and O–H groups in total. The molecule has 2 saturated heterocycles. The molecule has 2 aliphatic heterocycles. The number of carboxylic acids is 3. The molecular weight excluding hydrogens is 1160 g/mol. The van der Waals surface area contributed by atoms with E-state index in [4.69, 9.17) is 17.2 Å². The Kier molecular flexibility index (Phi) is 34.1. The number of rotatable bonds is 37. The minimum absolute atomic E-state index is 0.0239. The number of amides is 9. The fraction of sp³-hybridized carbons (Fsp3) is 0.648. The standard InChI is InChI=1S/C54H89BN16O17/c1-36(52(84)71-21-7-10-41(71)55(87)88)64-50(82)38-14-12-37(13-15-38)30-62-43(73)11-3-5-19-60-51(83)39(9-6-20-61-54(57)58)65-45(75)17-16-44(74)63-31-46(76)66-40(53(85)86)8-2-4-18-59-47(77)33-68-24-28-69(34-48(78)79)26-22-67(32-42(56)72)23-27-70(29-25-68)35-49(80)81/h12-15,36,39-41,87-88H,2-11,16-35H2,1H3,(H2,56,72)(H,59,77)(H,60,83)(H,62,73)(H,63,74)(H,64,82)(H,65,75)(H,66,76)(H,78,79)(H,80,81)(H,85,86)(H4,57,58,61)/t36-,39+,40+,41+/m1/s1. The molecule has 3 rings (SSSR count). The van der Waals surface area contributed by atoms with Crippen LogP contribution in [-0.2, 0) is 59.3 Å². The average molecular weight is 1250 g/mol. The summed E-state index contributed by atoms with van der Waals surface area (Å²) in [5.41, 5.74) is 17.2. The van der Waals surface area contributed by atoms with Gasteiger partial charge in [-0.25, -0.2) is 4.79 Å². The summed E-state index contributed by atoms with van der Waals surface area (Å²) in [7, 11) is -1.67. The molecule has 33 nitrogen and oxygen atoms in total. The van der Waals surface area contributed by atoms with Gasteiger partial charge in [-0.05, 0) is 82.4 Å². The van der Waals surface area contributed by atoms with Crippen LogP contribution in [0, 0.1) is 0 Å². The van der Waals surface area contributed by atoms with Gasteiger partial charge in [-0.3, -0.25) is 77.3 Å². The van der Waals surface area contributed by atoms with E-state index in [1.165, 1.54) is 11.8 Å². The molecule has 88 heavy (non-hydrogen) atoms. The van der Waals surface area contributed by atoms with Crippen LogP contribution in [0.2, 0.25) is 0 Å². The van der Waals surface area contributed by atoms with Gasteiger partial charge < -0.3 is 84.7 Å². The van der Waals surface area contributed by atoms with Gasteiger partial charge in [-0.15, -0.1) is 0 Å². The number of carbonyl (C=O) groups is 12. The lowest BCUT2D eigenvalue weighted by Crippen LogP contribution is -2.52. The molecule has 1 aromatic rings. The normalized spacial score (nSPS) is 16.4. The Bertz CT molecular complexity index is 2500. The highest BCUT2D eigenvalue weighted by Crippen LogP contribution is 2.19. The van der Waals surface area contributed by atoms with E-state index in [2.05, 4.69) is 42.2 Å². The molecule has 0 aliphatic carbocycles. The molecule has 9 amide bonds. The minimum atomic E-state index is -1.67. The number of likely N-dealkylation sites (tertiary alicyclic amines) is 1. The van der Waals surface area contributed by atoms with Crippen molar-refractivity contribution >= 4 is 84.2 Å². The second-order valence-corrected chi connectivity index (χ2v) is 21.6. The van der Waals surface area contributed by atoms with E-state index < -0.39 is 97.0 Å². The maximum atomic E-state index is 13.2. The number of hydrogen-bond acceptors (Lipinski definition) is 19. The van der Waals surface area contributed by atoms with Crippen molar-refractivity contribution in [3.05, 3.63) is 35.4 Å². The summed E-state index contributed by atoms with van der Waals surface area (Å²) in [5, 5.41) is 66.2. The number of carbonyl (C=O) groups excluding carboxylic acids is 9. The van der Waals surface area contributed by atoms with Gasteiger partial charge in [0.25, 0.3) is 5.91 Å². The zero-order chi connectivity index (χ0) is 65.1. The topological polar surface area (TPSA) is 497 Å². The van der Waals surface area contributed by atoms with E-state index >= 15 is 0 Å². The van der Waals surface area contributed by atoms with Crippen molar-refractivity contribution in [3.63, 3.8) is 0 Å². The first-order valence-electron chi connectivity index (χ1n) is 29.4. The SMILES string of the molecule is C[C@@H](NC(=O)c1ccc(CNC(=O)CCCCNC(=O)[C@H](CCCN=C(N)N)NC(=O)CCC(=O)NCC(=O)N[C@@H](CCCCNC(=O)CN2CCN(CC(=O)O)CCN(CC(N)=O)CCN(CC(=O)O)CC2)C(=O)O)cc1)C(=O)N1CCC[C@H]1B(O)O. The molecule has 0 spiro atoms. The molecule has 490 valence electrons. The molecule has 34 heteroatoms. The average Bonchev–Trinajstić information content (AvgIpc) is 3.50. The zero-order valence-electron chi connectivity index (χ0n) is 50.0. The number of hydrogen-bond donors (Lipinski definition) is 15. The Morgan fingerprint density at radius 1 is 0.580 bits per heavy atom. The number of nitrogens with zero attached hydrogens (tertiary/aromatic N) is 6. The molecule has 0 saturated carbocycles. The van der Waals surface area contributed by atoms with Gasteiger partial charge in [0.15, 0.2) is 5.96 Å². The minimum Gasteiger partial charge on any atom is -0.480 e. The van der Waals surface area contributed by atoms with Gasteiger partial charge in [0.1, 0.15) is 18.1 Å². The van der Waals surface area contributed by atoms with E-state index in [9.17, 15) is 82.9 Å². The first-order valence-corrected chi connectivity index (χ1v) is 29.4. The number of aliphatic imine (C=N–C) groups is 1. The third-order valence-electron chi connectivity index (χ3n) is 14.4. The van der Waals surface area contributed by atoms with E-state index in [-0.39, 0.29) is 153 Å². The van der Waals surface area contributed by atoms with Crippen LogP contribution in [0.1, 0.15) is 99.9 Å². The summed E-state index contributed by atoms with van der Waals surface area (Å²) in [6, 6.07) is 3.14. The van der Waals surface area contributed by atoms with Crippen LogP contribution in [0.5, 0.6) is 0 Å². The first-order chi connectivity index (χ1) is 41.8. The lowest BCUT2D eigenvalue weighted by atomic mass is 9.78. The zero-order valence-corrected chi connectivity index (χ0v) is 50.0. The van der Waals surface area contributed by atoms with E-state index in [0.29, 0.717) is 63.7 Å². The molecule has 0 aromatic heterocycles. The summed E-state index contributed by atoms with van der Waals surface area (Å²) in [5.74, 6) is -9.20. The number of nitrogens with one attached hydrogen (secondary N) is 7. The monoisotopic (exact) mass is 1240 g/mol. The van der Waals surface area contributed by atoms with Crippen molar-refractivity contribution in [3.8, 4) is 0 Å². The number of unbranched alkanes of at least 4 members (excludes halogenated alkanes) is 2. The van der Waals surface area contributed by atoms with E-state index in [1.807, 2.05) is 0 Å². The summed E-state index contributed by atoms with van der Waals surface area (Å²) in [6.45, 7) is 3.32. The Balaban J connectivity index is 1.36. The fourth-order valence-corrected chi connectivity index (χ4v) is 9.59. The fourth-order valence-electron chi connectivity index (χ4n) is 9.59. The van der Waals surface area contributed by atoms with Crippen LogP contribution in [0.3, 0.4) is 0 Å². The predicted molar refractivity (Wildman–Crippen MR) is 318 cm³/mol. The summed E-state index contributed by atoms with van der Waals surface area (Å²) in [6.07, 6.45) is 2.24.